The van der Waals surface area contributed by atoms with Gasteiger partial charge in [0.05, 0.1) is 5.69 Å². The number of hydrogen-bond acceptors (Lipinski definition) is 5. The average molecular weight is 355 g/mol. The molecule has 3 rings (SSSR count). The van der Waals surface area contributed by atoms with Gasteiger partial charge in [0.1, 0.15) is 23.1 Å². The predicted molar refractivity (Wildman–Crippen MR) is 96.2 cm³/mol. The summed E-state index contributed by atoms with van der Waals surface area (Å²) in [5, 5.41) is 11.6. The molecular weight excluding hydrogens is 338 g/mol. The molecule has 0 aliphatic carbocycles. The average Bonchev–Trinajstić information content (AvgIpc) is 3.09. The van der Waals surface area contributed by atoms with Crippen molar-refractivity contribution in [1.82, 2.24) is 4.98 Å². The molecule has 0 saturated carbocycles. The zero-order valence-electron chi connectivity index (χ0n) is 13.6. The summed E-state index contributed by atoms with van der Waals surface area (Å²) >= 11 is 1.56. The highest BCUT2D eigenvalue weighted by atomic mass is 32.1. The molecule has 3 aromatic rings. The van der Waals surface area contributed by atoms with Crippen LogP contribution < -0.4 is 9.47 Å². The van der Waals surface area contributed by atoms with Crippen LogP contribution >= 0.6 is 11.3 Å². The lowest BCUT2D eigenvalue weighted by Gasteiger charge is -2.09. The minimum absolute atomic E-state index is 0.359. The van der Waals surface area contributed by atoms with Crippen LogP contribution in [0.15, 0.2) is 53.9 Å². The second kappa shape index (κ2) is 7.81. The van der Waals surface area contributed by atoms with Crippen molar-refractivity contribution in [1.29, 1.82) is 0 Å². The van der Waals surface area contributed by atoms with Crippen molar-refractivity contribution in [2.75, 3.05) is 6.61 Å². The summed E-state index contributed by atoms with van der Waals surface area (Å²) in [4.78, 5) is 15.1. The molecule has 5 nitrogen and oxygen atoms in total. The molecule has 0 spiro atoms. The Labute approximate surface area is 149 Å². The van der Waals surface area contributed by atoms with E-state index in [1.165, 1.54) is 0 Å². The third-order valence-electron chi connectivity index (χ3n) is 3.48. The summed E-state index contributed by atoms with van der Waals surface area (Å²) in [5.74, 6) is 0.227. The van der Waals surface area contributed by atoms with Gasteiger partial charge in [-0.2, -0.15) is 0 Å². The van der Waals surface area contributed by atoms with Gasteiger partial charge in [0.15, 0.2) is 6.61 Å². The van der Waals surface area contributed by atoms with E-state index >= 15 is 0 Å². The zero-order chi connectivity index (χ0) is 17.6. The van der Waals surface area contributed by atoms with Gasteiger partial charge in [-0.1, -0.05) is 30.3 Å². The Morgan fingerprint density at radius 3 is 2.68 bits per heavy atom. The number of aromatic nitrogens is 1. The number of carboxylic acid groups (broad SMARTS) is 1. The number of rotatable bonds is 7. The van der Waals surface area contributed by atoms with E-state index in [1.54, 1.807) is 23.5 Å². The number of thiazole rings is 1. The van der Waals surface area contributed by atoms with Crippen LogP contribution in [0.25, 0.3) is 11.3 Å². The van der Waals surface area contributed by atoms with Gasteiger partial charge in [-0.05, 0) is 30.7 Å². The summed E-state index contributed by atoms with van der Waals surface area (Å²) in [6, 6.07) is 15.3. The molecule has 1 N–H and O–H groups in total. The first-order valence-corrected chi connectivity index (χ1v) is 8.57. The van der Waals surface area contributed by atoms with Crippen LogP contribution in [0.3, 0.4) is 0 Å². The number of hydrogen-bond donors (Lipinski definition) is 1. The molecule has 0 bridgehead atoms. The van der Waals surface area contributed by atoms with Crippen LogP contribution in [-0.2, 0) is 11.4 Å². The van der Waals surface area contributed by atoms with Crippen LogP contribution in [0.4, 0.5) is 0 Å². The Bertz CT molecular complexity index is 861. The Morgan fingerprint density at radius 1 is 1.16 bits per heavy atom. The van der Waals surface area contributed by atoms with Crippen molar-refractivity contribution in [3.63, 3.8) is 0 Å². The highest BCUT2D eigenvalue weighted by molar-refractivity contribution is 7.09. The largest absolute Gasteiger partial charge is 0.486 e. The molecule has 0 unspecified atom stereocenters. The van der Waals surface area contributed by atoms with Crippen molar-refractivity contribution >= 4 is 17.3 Å². The highest BCUT2D eigenvalue weighted by Gasteiger charge is 2.07. The van der Waals surface area contributed by atoms with Crippen LogP contribution in [0.2, 0.25) is 0 Å². The molecule has 1 aromatic heterocycles. The maximum atomic E-state index is 10.6. The smallest absolute Gasteiger partial charge is 0.341 e. The third-order valence-corrected chi connectivity index (χ3v) is 4.30. The Morgan fingerprint density at radius 2 is 1.96 bits per heavy atom. The van der Waals surface area contributed by atoms with E-state index in [2.05, 4.69) is 4.98 Å². The van der Waals surface area contributed by atoms with Gasteiger partial charge >= 0.3 is 5.97 Å². The number of ether oxygens (including phenoxy) is 2. The van der Waals surface area contributed by atoms with Crippen molar-refractivity contribution in [3.05, 3.63) is 64.5 Å². The van der Waals surface area contributed by atoms with Gasteiger partial charge in [0.2, 0.25) is 0 Å². The Balaban J connectivity index is 1.61. The topological polar surface area (TPSA) is 68.7 Å². The summed E-state index contributed by atoms with van der Waals surface area (Å²) in [6.07, 6.45) is 0. The molecule has 1 heterocycles. The van der Waals surface area contributed by atoms with Crippen molar-refractivity contribution in [2.24, 2.45) is 0 Å². The fourth-order valence-electron chi connectivity index (χ4n) is 2.28. The van der Waals surface area contributed by atoms with Gasteiger partial charge in [-0.15, -0.1) is 11.3 Å². The van der Waals surface area contributed by atoms with E-state index in [0.717, 1.165) is 21.8 Å². The lowest BCUT2D eigenvalue weighted by atomic mass is 10.2. The standard InChI is InChI=1S/C19H17NO4S/c1-13-9-15(7-8-17(13)24-11-19(21)22)23-10-18-20-16(12-25-18)14-5-3-2-4-6-14/h2-9,12H,10-11H2,1H3,(H,21,22). The lowest BCUT2D eigenvalue weighted by Crippen LogP contribution is -2.10. The molecule has 25 heavy (non-hydrogen) atoms. The predicted octanol–water partition coefficient (Wildman–Crippen LogP) is 4.16. The summed E-state index contributed by atoms with van der Waals surface area (Å²) in [5.41, 5.74) is 2.85. The summed E-state index contributed by atoms with van der Waals surface area (Å²) in [7, 11) is 0. The van der Waals surface area contributed by atoms with Crippen molar-refractivity contribution < 1.29 is 19.4 Å². The monoisotopic (exact) mass is 355 g/mol. The van der Waals surface area contributed by atoms with Crippen LogP contribution in [0.1, 0.15) is 10.6 Å². The number of aliphatic carboxylic acids is 1. The summed E-state index contributed by atoms with van der Waals surface area (Å²) in [6.45, 7) is 1.87. The molecule has 0 atom stereocenters. The SMILES string of the molecule is Cc1cc(OCc2nc(-c3ccccc3)cs2)ccc1OCC(=O)O. The maximum Gasteiger partial charge on any atom is 0.341 e. The van der Waals surface area contributed by atoms with E-state index in [1.807, 2.05) is 48.7 Å². The zero-order valence-corrected chi connectivity index (χ0v) is 14.5. The fourth-order valence-corrected chi connectivity index (χ4v) is 2.99. The van der Waals surface area contributed by atoms with E-state index in [4.69, 9.17) is 14.6 Å². The maximum absolute atomic E-state index is 10.6. The van der Waals surface area contributed by atoms with E-state index in [9.17, 15) is 4.79 Å². The van der Waals surface area contributed by atoms with Gasteiger partial charge < -0.3 is 14.6 Å². The number of aryl methyl sites for hydroxylation is 1. The van der Waals surface area contributed by atoms with Crippen LogP contribution in [0, 0.1) is 6.92 Å². The number of carboxylic acids is 1. The van der Waals surface area contributed by atoms with Crippen LogP contribution in [0.5, 0.6) is 11.5 Å². The fraction of sp³-hybridized carbons (Fsp3) is 0.158. The second-order valence-corrected chi connectivity index (χ2v) is 6.33. The Kier molecular flexibility index (Phi) is 5.30. The number of carbonyl (C=O) groups is 1. The highest BCUT2D eigenvalue weighted by Crippen LogP contribution is 2.26. The summed E-state index contributed by atoms with van der Waals surface area (Å²) < 4.78 is 11.0. The first kappa shape index (κ1) is 17.0. The van der Waals surface area contributed by atoms with E-state index in [0.29, 0.717) is 18.1 Å². The molecule has 0 aliphatic rings. The first-order valence-electron chi connectivity index (χ1n) is 7.69. The molecule has 6 heteroatoms. The molecule has 0 amide bonds. The molecule has 0 radical (unpaired) electrons. The van der Waals surface area contributed by atoms with E-state index < -0.39 is 5.97 Å². The normalized spacial score (nSPS) is 10.4. The molecule has 0 fully saturated rings. The quantitative estimate of drug-likeness (QED) is 0.689. The van der Waals surface area contributed by atoms with Gasteiger partial charge in [-0.3, -0.25) is 0 Å². The van der Waals surface area contributed by atoms with Crippen molar-refractivity contribution in [2.45, 2.75) is 13.5 Å². The third kappa shape index (κ3) is 4.58. The number of nitrogens with zero attached hydrogens (tertiary/aromatic N) is 1. The number of benzene rings is 2. The lowest BCUT2D eigenvalue weighted by molar-refractivity contribution is -0.139. The minimum atomic E-state index is -1.00. The van der Waals surface area contributed by atoms with E-state index in [-0.39, 0.29) is 6.61 Å². The molecular formula is C19H17NO4S. The van der Waals surface area contributed by atoms with Gasteiger partial charge in [0.25, 0.3) is 0 Å². The van der Waals surface area contributed by atoms with Gasteiger partial charge in [0, 0.05) is 10.9 Å². The van der Waals surface area contributed by atoms with Crippen LogP contribution in [-0.4, -0.2) is 22.7 Å². The minimum Gasteiger partial charge on any atom is -0.486 e. The van der Waals surface area contributed by atoms with Gasteiger partial charge in [-0.25, -0.2) is 9.78 Å². The molecule has 0 aliphatic heterocycles. The first-order chi connectivity index (χ1) is 12.1. The van der Waals surface area contributed by atoms with Crippen molar-refractivity contribution in [3.8, 4) is 22.8 Å². The molecule has 128 valence electrons. The molecule has 0 saturated heterocycles. The molecule has 2 aromatic carbocycles. The second-order valence-electron chi connectivity index (χ2n) is 5.39. The Hall–Kier alpha value is -2.86.